The van der Waals surface area contributed by atoms with Crippen LogP contribution in [0.2, 0.25) is 0 Å². The molecular formula is C10H22N2O. The molecule has 0 aromatic rings. The fourth-order valence-electron chi connectivity index (χ4n) is 1.26. The Kier molecular flexibility index (Phi) is 4.70. The lowest BCUT2D eigenvalue weighted by Crippen LogP contribution is -2.32. The summed E-state index contributed by atoms with van der Waals surface area (Å²) in [5, 5.41) is 6.77. The predicted octanol–water partition coefficient (Wildman–Crippen LogP) is 0.612. The first-order valence-corrected chi connectivity index (χ1v) is 5.17. The number of nitrogens with one attached hydrogen (secondary N) is 2. The van der Waals surface area contributed by atoms with Crippen molar-refractivity contribution in [1.82, 2.24) is 10.6 Å². The molecule has 0 heterocycles. The van der Waals surface area contributed by atoms with Crippen molar-refractivity contribution in [2.24, 2.45) is 5.41 Å². The van der Waals surface area contributed by atoms with Crippen molar-refractivity contribution in [3.05, 3.63) is 0 Å². The third-order valence-electron chi connectivity index (χ3n) is 2.62. The molecule has 0 aromatic carbocycles. The van der Waals surface area contributed by atoms with Crippen LogP contribution in [-0.2, 0) is 4.74 Å². The molecule has 1 fully saturated rings. The van der Waals surface area contributed by atoms with Crippen molar-refractivity contribution in [3.8, 4) is 0 Å². The van der Waals surface area contributed by atoms with Gasteiger partial charge in [0.2, 0.25) is 0 Å². The zero-order valence-corrected chi connectivity index (χ0v) is 8.86. The largest absolute Gasteiger partial charge is 0.383 e. The topological polar surface area (TPSA) is 33.3 Å². The van der Waals surface area contributed by atoms with Gasteiger partial charge in [-0.25, -0.2) is 0 Å². The van der Waals surface area contributed by atoms with Crippen molar-refractivity contribution in [2.75, 3.05) is 39.9 Å². The fourth-order valence-corrected chi connectivity index (χ4v) is 1.26. The van der Waals surface area contributed by atoms with Crippen LogP contribution in [0.5, 0.6) is 0 Å². The first-order chi connectivity index (χ1) is 6.27. The van der Waals surface area contributed by atoms with E-state index in [0.717, 1.165) is 26.2 Å². The number of hydrogen-bond donors (Lipinski definition) is 2. The summed E-state index contributed by atoms with van der Waals surface area (Å²) in [7, 11) is 1.73. The molecule has 0 atom stereocenters. The summed E-state index contributed by atoms with van der Waals surface area (Å²) in [4.78, 5) is 0. The zero-order valence-electron chi connectivity index (χ0n) is 8.86. The minimum absolute atomic E-state index is 0.631. The average Bonchev–Trinajstić information content (AvgIpc) is 2.83. The van der Waals surface area contributed by atoms with Crippen LogP contribution in [0.15, 0.2) is 0 Å². The first kappa shape index (κ1) is 11.0. The quantitative estimate of drug-likeness (QED) is 0.545. The molecule has 78 valence electrons. The fraction of sp³-hybridized carbons (Fsp3) is 1.00. The summed E-state index contributed by atoms with van der Waals surface area (Å²) in [6.07, 6.45) is 2.80. The summed E-state index contributed by atoms with van der Waals surface area (Å²) in [6.45, 7) is 7.39. The maximum absolute atomic E-state index is 4.93. The van der Waals surface area contributed by atoms with E-state index in [9.17, 15) is 0 Å². The van der Waals surface area contributed by atoms with E-state index >= 15 is 0 Å². The van der Waals surface area contributed by atoms with Crippen LogP contribution in [0.4, 0.5) is 0 Å². The third kappa shape index (κ3) is 5.24. The Bertz CT molecular complexity index is 135. The Morgan fingerprint density at radius 1 is 1.15 bits per heavy atom. The Hall–Kier alpha value is -0.120. The first-order valence-electron chi connectivity index (χ1n) is 5.17. The molecule has 0 aromatic heterocycles. The Labute approximate surface area is 81.2 Å². The van der Waals surface area contributed by atoms with Crippen LogP contribution < -0.4 is 10.6 Å². The highest BCUT2D eigenvalue weighted by molar-refractivity contribution is 4.90. The highest BCUT2D eigenvalue weighted by Crippen LogP contribution is 2.43. The van der Waals surface area contributed by atoms with Gasteiger partial charge in [-0.2, -0.15) is 0 Å². The Morgan fingerprint density at radius 2 is 1.85 bits per heavy atom. The number of methoxy groups -OCH3 is 1. The molecule has 1 saturated carbocycles. The van der Waals surface area contributed by atoms with Crippen molar-refractivity contribution < 1.29 is 4.74 Å². The van der Waals surface area contributed by atoms with E-state index in [-0.39, 0.29) is 0 Å². The average molecular weight is 186 g/mol. The molecule has 0 bridgehead atoms. The molecule has 0 aliphatic heterocycles. The summed E-state index contributed by atoms with van der Waals surface area (Å²) in [6, 6.07) is 0. The van der Waals surface area contributed by atoms with Gasteiger partial charge in [-0.05, 0) is 18.3 Å². The molecular weight excluding hydrogens is 164 g/mol. The van der Waals surface area contributed by atoms with E-state index in [1.807, 2.05) is 0 Å². The third-order valence-corrected chi connectivity index (χ3v) is 2.62. The van der Waals surface area contributed by atoms with Crippen LogP contribution in [0.1, 0.15) is 19.8 Å². The normalized spacial score (nSPS) is 18.9. The minimum atomic E-state index is 0.631. The minimum Gasteiger partial charge on any atom is -0.383 e. The standard InChI is InChI=1S/C10H22N2O/c1-10(3-4-10)9-12-6-5-11-7-8-13-2/h11-12H,3-9H2,1-2H3. The second-order valence-corrected chi connectivity index (χ2v) is 4.23. The van der Waals surface area contributed by atoms with E-state index in [0.29, 0.717) is 5.41 Å². The predicted molar refractivity (Wildman–Crippen MR) is 55.0 cm³/mol. The molecule has 0 spiro atoms. The van der Waals surface area contributed by atoms with Crippen molar-refractivity contribution >= 4 is 0 Å². The zero-order chi connectivity index (χ0) is 9.57. The van der Waals surface area contributed by atoms with Crippen molar-refractivity contribution in [3.63, 3.8) is 0 Å². The second kappa shape index (κ2) is 5.58. The number of hydrogen-bond acceptors (Lipinski definition) is 3. The Morgan fingerprint density at radius 3 is 2.46 bits per heavy atom. The van der Waals surface area contributed by atoms with Gasteiger partial charge in [0.1, 0.15) is 0 Å². The van der Waals surface area contributed by atoms with Gasteiger partial charge < -0.3 is 15.4 Å². The van der Waals surface area contributed by atoms with Gasteiger partial charge in [-0.3, -0.25) is 0 Å². The molecule has 2 N–H and O–H groups in total. The van der Waals surface area contributed by atoms with Crippen molar-refractivity contribution in [2.45, 2.75) is 19.8 Å². The summed E-state index contributed by atoms with van der Waals surface area (Å²) in [5.41, 5.74) is 0.631. The van der Waals surface area contributed by atoms with E-state index in [4.69, 9.17) is 4.74 Å². The van der Waals surface area contributed by atoms with Crippen LogP contribution in [0.25, 0.3) is 0 Å². The summed E-state index contributed by atoms with van der Waals surface area (Å²) < 4.78 is 4.93. The highest BCUT2D eigenvalue weighted by Gasteiger charge is 2.36. The highest BCUT2D eigenvalue weighted by atomic mass is 16.5. The van der Waals surface area contributed by atoms with Gasteiger partial charge in [0.25, 0.3) is 0 Å². The van der Waals surface area contributed by atoms with Gasteiger partial charge in [-0.1, -0.05) is 6.92 Å². The summed E-state index contributed by atoms with van der Waals surface area (Å²) >= 11 is 0. The molecule has 1 aliphatic carbocycles. The van der Waals surface area contributed by atoms with Gasteiger partial charge in [0, 0.05) is 33.3 Å². The van der Waals surface area contributed by atoms with Gasteiger partial charge in [-0.15, -0.1) is 0 Å². The van der Waals surface area contributed by atoms with Crippen LogP contribution in [0, 0.1) is 5.41 Å². The smallest absolute Gasteiger partial charge is 0.0587 e. The van der Waals surface area contributed by atoms with E-state index < -0.39 is 0 Å². The number of ether oxygens (including phenoxy) is 1. The molecule has 13 heavy (non-hydrogen) atoms. The second-order valence-electron chi connectivity index (χ2n) is 4.23. The van der Waals surface area contributed by atoms with E-state index in [1.54, 1.807) is 7.11 Å². The molecule has 3 heteroatoms. The van der Waals surface area contributed by atoms with Crippen LogP contribution in [0.3, 0.4) is 0 Å². The molecule has 0 amide bonds. The molecule has 0 unspecified atom stereocenters. The monoisotopic (exact) mass is 186 g/mol. The lowest BCUT2D eigenvalue weighted by molar-refractivity contribution is 0.199. The lowest BCUT2D eigenvalue weighted by atomic mass is 10.1. The maximum atomic E-state index is 4.93. The molecule has 1 rings (SSSR count). The Balaban J connectivity index is 1.74. The van der Waals surface area contributed by atoms with Crippen LogP contribution in [-0.4, -0.2) is 39.9 Å². The molecule has 0 saturated heterocycles. The molecule has 0 radical (unpaired) electrons. The van der Waals surface area contributed by atoms with Gasteiger partial charge >= 0.3 is 0 Å². The van der Waals surface area contributed by atoms with Gasteiger partial charge in [0.05, 0.1) is 6.61 Å². The molecule has 1 aliphatic rings. The van der Waals surface area contributed by atoms with E-state index in [2.05, 4.69) is 17.6 Å². The van der Waals surface area contributed by atoms with Gasteiger partial charge in [0.15, 0.2) is 0 Å². The van der Waals surface area contributed by atoms with Crippen molar-refractivity contribution in [1.29, 1.82) is 0 Å². The maximum Gasteiger partial charge on any atom is 0.0587 e. The SMILES string of the molecule is COCCNCCNCC1(C)CC1. The summed E-state index contributed by atoms with van der Waals surface area (Å²) in [5.74, 6) is 0. The molecule has 3 nitrogen and oxygen atoms in total. The number of rotatable bonds is 8. The lowest BCUT2D eigenvalue weighted by Gasteiger charge is -2.10. The van der Waals surface area contributed by atoms with E-state index in [1.165, 1.54) is 19.4 Å². The van der Waals surface area contributed by atoms with Crippen LogP contribution >= 0.6 is 0 Å².